The predicted molar refractivity (Wildman–Crippen MR) is 214 cm³/mol. The molecule has 0 aliphatic rings. The second kappa shape index (κ2) is 18.7. The van der Waals surface area contributed by atoms with Gasteiger partial charge in [-0.3, -0.25) is 0 Å². The molecule has 0 aliphatic carbocycles. The normalized spacial score (nSPS) is 10.6. The van der Waals surface area contributed by atoms with Gasteiger partial charge in [0.25, 0.3) is 0 Å². The van der Waals surface area contributed by atoms with Gasteiger partial charge in [0.1, 0.15) is 0 Å². The lowest BCUT2D eigenvalue weighted by Crippen LogP contribution is -1.94. The van der Waals surface area contributed by atoms with Gasteiger partial charge in [-0.15, -0.1) is 11.3 Å². The largest absolute Gasteiger partial charge is 0.326 e. The molecule has 1 aromatic heterocycles. The maximum atomic E-state index is 5.50. The number of allylic oxidation sites excluding steroid dienone is 3. The Bertz CT molecular complexity index is 2050. The van der Waals surface area contributed by atoms with Gasteiger partial charge < -0.3 is 11.1 Å². The summed E-state index contributed by atoms with van der Waals surface area (Å²) in [5.74, 6) is 0. The van der Waals surface area contributed by atoms with Crippen molar-refractivity contribution >= 4 is 44.3 Å². The molecular formula is C45H44N2S. The Labute approximate surface area is 290 Å². The van der Waals surface area contributed by atoms with Crippen molar-refractivity contribution in [2.24, 2.45) is 5.73 Å². The number of hydrogen-bond donors (Lipinski definition) is 2. The first-order valence-electron chi connectivity index (χ1n) is 16.1. The maximum absolute atomic E-state index is 5.50. The van der Waals surface area contributed by atoms with E-state index >= 15 is 0 Å². The molecule has 0 radical (unpaired) electrons. The molecule has 1 heterocycles. The summed E-state index contributed by atoms with van der Waals surface area (Å²) < 4.78 is 2.72. The van der Waals surface area contributed by atoms with E-state index in [0.717, 1.165) is 0 Å². The molecule has 7 rings (SSSR count). The molecule has 2 nitrogen and oxygen atoms in total. The third kappa shape index (κ3) is 9.83. The highest BCUT2D eigenvalue weighted by Gasteiger charge is 2.10. The lowest BCUT2D eigenvalue weighted by Gasteiger charge is -2.04. The minimum Gasteiger partial charge on any atom is -0.326 e. The molecule has 0 saturated heterocycles. The smallest absolute Gasteiger partial charge is 0.0433 e. The Balaban J connectivity index is 0.000000188. The molecule has 0 spiro atoms. The number of nitrogens with two attached hydrogens (primary N) is 1. The zero-order chi connectivity index (χ0) is 34.1. The summed E-state index contributed by atoms with van der Waals surface area (Å²) in [4.78, 5) is 0. The molecule has 0 fully saturated rings. The van der Waals surface area contributed by atoms with E-state index < -0.39 is 0 Å². The van der Waals surface area contributed by atoms with Crippen LogP contribution in [-0.2, 0) is 6.54 Å². The number of thiophene rings is 1. The summed E-state index contributed by atoms with van der Waals surface area (Å²) >= 11 is 1.89. The Morgan fingerprint density at radius 2 is 1.25 bits per heavy atom. The SMILES string of the molecule is C/C=C\C=C/c1ccc2sc3c(-c4cccc(C)c4)cccc3c2c1.C=N.Cc1ccc(-c2ccccc2)cc1.NCc1ccccc1. The molecule has 240 valence electrons. The lowest BCUT2D eigenvalue weighted by molar-refractivity contribution is 1.07. The van der Waals surface area contributed by atoms with Crippen molar-refractivity contribution in [1.82, 2.24) is 0 Å². The van der Waals surface area contributed by atoms with E-state index in [9.17, 15) is 0 Å². The van der Waals surface area contributed by atoms with Crippen molar-refractivity contribution in [2.75, 3.05) is 0 Å². The molecule has 48 heavy (non-hydrogen) atoms. The first-order chi connectivity index (χ1) is 23.6. The van der Waals surface area contributed by atoms with Crippen LogP contribution in [0.1, 0.15) is 29.2 Å². The van der Waals surface area contributed by atoms with Gasteiger partial charge in [-0.25, -0.2) is 0 Å². The monoisotopic (exact) mass is 644 g/mol. The van der Waals surface area contributed by atoms with E-state index in [4.69, 9.17) is 11.1 Å². The fraction of sp³-hybridized carbons (Fsp3) is 0.0889. The summed E-state index contributed by atoms with van der Waals surface area (Å²) in [6.07, 6.45) is 8.36. The highest BCUT2D eigenvalue weighted by Crippen LogP contribution is 2.40. The Morgan fingerprint density at radius 3 is 1.90 bits per heavy atom. The van der Waals surface area contributed by atoms with Crippen LogP contribution in [0.3, 0.4) is 0 Å². The van der Waals surface area contributed by atoms with Gasteiger partial charge in [-0.05, 0) is 73.0 Å². The van der Waals surface area contributed by atoms with Crippen molar-refractivity contribution in [1.29, 1.82) is 5.41 Å². The maximum Gasteiger partial charge on any atom is 0.0433 e. The summed E-state index contributed by atoms with van der Waals surface area (Å²) in [6, 6.07) is 51.2. The predicted octanol–water partition coefficient (Wildman–Crippen LogP) is 12.7. The van der Waals surface area contributed by atoms with E-state index in [0.29, 0.717) is 6.54 Å². The highest BCUT2D eigenvalue weighted by atomic mass is 32.1. The van der Waals surface area contributed by atoms with Gasteiger partial charge >= 0.3 is 0 Å². The second-order valence-electron chi connectivity index (χ2n) is 11.2. The van der Waals surface area contributed by atoms with Crippen LogP contribution in [0.2, 0.25) is 0 Å². The minimum atomic E-state index is 0.640. The van der Waals surface area contributed by atoms with Crippen LogP contribution in [0.4, 0.5) is 0 Å². The number of aryl methyl sites for hydroxylation is 2. The Hall–Kier alpha value is -5.35. The molecule has 0 atom stereocenters. The quantitative estimate of drug-likeness (QED) is 0.142. The molecular weight excluding hydrogens is 601 g/mol. The fourth-order valence-electron chi connectivity index (χ4n) is 5.23. The van der Waals surface area contributed by atoms with E-state index in [1.54, 1.807) is 0 Å². The van der Waals surface area contributed by atoms with Gasteiger partial charge in [0.05, 0.1) is 0 Å². The van der Waals surface area contributed by atoms with E-state index in [1.807, 2.05) is 60.7 Å². The van der Waals surface area contributed by atoms with Crippen molar-refractivity contribution in [3.63, 3.8) is 0 Å². The molecule has 3 N–H and O–H groups in total. The van der Waals surface area contributed by atoms with Crippen molar-refractivity contribution < 1.29 is 0 Å². The summed E-state index contributed by atoms with van der Waals surface area (Å²) in [5.41, 5.74) is 15.6. The average Bonchev–Trinajstić information content (AvgIpc) is 3.52. The van der Waals surface area contributed by atoms with E-state index in [2.05, 4.69) is 148 Å². The Morgan fingerprint density at radius 1 is 0.604 bits per heavy atom. The molecule has 0 aliphatic heterocycles. The third-order valence-electron chi connectivity index (χ3n) is 7.68. The summed E-state index contributed by atoms with van der Waals surface area (Å²) in [5, 5.41) is 8.19. The molecule has 3 heteroatoms. The van der Waals surface area contributed by atoms with Crippen molar-refractivity contribution in [3.8, 4) is 22.3 Å². The molecule has 0 saturated carbocycles. The molecule has 0 amide bonds. The van der Waals surface area contributed by atoms with Crippen LogP contribution in [0.5, 0.6) is 0 Å². The third-order valence-corrected chi connectivity index (χ3v) is 8.90. The number of benzene rings is 6. The molecule has 7 aromatic rings. The number of nitrogens with one attached hydrogen (secondary N) is 1. The second-order valence-corrected chi connectivity index (χ2v) is 12.3. The number of fused-ring (bicyclic) bond motifs is 3. The van der Waals surface area contributed by atoms with Crippen LogP contribution in [0.15, 0.2) is 164 Å². The Kier molecular flexibility index (Phi) is 13.8. The number of hydrogen-bond acceptors (Lipinski definition) is 3. The topological polar surface area (TPSA) is 49.9 Å². The van der Waals surface area contributed by atoms with E-state index in [-0.39, 0.29) is 0 Å². The average molecular weight is 645 g/mol. The summed E-state index contributed by atoms with van der Waals surface area (Å²) in [7, 11) is 0. The van der Waals surface area contributed by atoms with Crippen LogP contribution in [0.25, 0.3) is 48.5 Å². The zero-order valence-corrected chi connectivity index (χ0v) is 28.9. The van der Waals surface area contributed by atoms with Crippen LogP contribution in [0, 0.1) is 19.3 Å². The van der Waals surface area contributed by atoms with Gasteiger partial charge in [0.2, 0.25) is 0 Å². The van der Waals surface area contributed by atoms with Crippen molar-refractivity contribution in [3.05, 3.63) is 186 Å². The van der Waals surface area contributed by atoms with Gasteiger partial charge in [0, 0.05) is 26.7 Å². The van der Waals surface area contributed by atoms with Crippen LogP contribution >= 0.6 is 11.3 Å². The van der Waals surface area contributed by atoms with Gasteiger partial charge in [0.15, 0.2) is 0 Å². The summed E-state index contributed by atoms with van der Waals surface area (Å²) in [6.45, 7) is 9.43. The van der Waals surface area contributed by atoms with Gasteiger partial charge in [-0.1, -0.05) is 169 Å². The zero-order valence-electron chi connectivity index (χ0n) is 28.1. The number of rotatable bonds is 5. The first kappa shape index (κ1) is 35.5. The standard InChI is InChI=1S/C24H20S.C13H12.C7H9N.CH3N/c1-3-4-5-9-18-13-14-23-22(16-18)21-12-7-11-20(24(21)25-23)19-10-6-8-17(2)15-19;1-11-7-9-13(10-8-11)12-5-3-2-4-6-12;8-6-7-4-2-1-3-5-7;1-2/h3-16H,1-2H3;2-10H,1H3;1-5H,6,8H2;2H,1H2/b4-3-,9-5-;;;. The minimum absolute atomic E-state index is 0.640. The van der Waals surface area contributed by atoms with Gasteiger partial charge in [-0.2, -0.15) is 0 Å². The fourth-order valence-corrected chi connectivity index (χ4v) is 6.45. The first-order valence-corrected chi connectivity index (χ1v) is 16.9. The van der Waals surface area contributed by atoms with Crippen molar-refractivity contribution in [2.45, 2.75) is 27.3 Å². The van der Waals surface area contributed by atoms with E-state index in [1.165, 1.54) is 64.7 Å². The van der Waals surface area contributed by atoms with Crippen LogP contribution < -0.4 is 5.73 Å². The highest BCUT2D eigenvalue weighted by molar-refractivity contribution is 7.26. The molecule has 0 bridgehead atoms. The lowest BCUT2D eigenvalue weighted by atomic mass is 10.0. The molecule has 0 unspecified atom stereocenters. The van der Waals surface area contributed by atoms with Crippen LogP contribution in [-0.4, -0.2) is 6.72 Å². The molecule has 6 aromatic carbocycles.